The third-order valence-electron chi connectivity index (χ3n) is 4.49. The van der Waals surface area contributed by atoms with Crippen molar-refractivity contribution in [3.05, 3.63) is 84.9 Å². The van der Waals surface area contributed by atoms with Gasteiger partial charge in [0.1, 0.15) is 0 Å². The summed E-state index contributed by atoms with van der Waals surface area (Å²) in [6, 6.07) is 20.8. The van der Waals surface area contributed by atoms with Crippen LogP contribution in [-0.2, 0) is 0 Å². The Morgan fingerprint density at radius 1 is 0.731 bits per heavy atom. The maximum absolute atomic E-state index is 6.26. The molecule has 130 valence electrons. The Bertz CT molecular complexity index is 860. The fourth-order valence-corrected chi connectivity index (χ4v) is 3.18. The van der Waals surface area contributed by atoms with Crippen LogP contribution < -0.4 is 10.6 Å². The lowest BCUT2D eigenvalue weighted by Gasteiger charge is -2.23. The van der Waals surface area contributed by atoms with E-state index < -0.39 is 0 Å². The van der Waals surface area contributed by atoms with Gasteiger partial charge in [0.15, 0.2) is 0 Å². The Kier molecular flexibility index (Phi) is 4.94. The van der Waals surface area contributed by atoms with Gasteiger partial charge in [0, 0.05) is 30.9 Å². The molecule has 26 heavy (non-hydrogen) atoms. The zero-order valence-electron chi connectivity index (χ0n) is 15.4. The van der Waals surface area contributed by atoms with Crippen LogP contribution >= 0.6 is 0 Å². The van der Waals surface area contributed by atoms with Crippen molar-refractivity contribution in [1.82, 2.24) is 0 Å². The van der Waals surface area contributed by atoms with Crippen LogP contribution in [0.5, 0.6) is 0 Å². The Labute approximate surface area is 155 Å². The van der Waals surface area contributed by atoms with Gasteiger partial charge in [-0.3, -0.25) is 0 Å². The minimum atomic E-state index is 0.751. The van der Waals surface area contributed by atoms with Gasteiger partial charge < -0.3 is 10.6 Å². The van der Waals surface area contributed by atoms with E-state index in [-0.39, 0.29) is 0 Å². The molecule has 0 bridgehead atoms. The molecule has 2 N–H and O–H groups in total. The molecule has 0 saturated carbocycles. The van der Waals surface area contributed by atoms with Crippen molar-refractivity contribution in [2.24, 2.45) is 0 Å². The maximum atomic E-state index is 6.26. The van der Waals surface area contributed by atoms with Crippen molar-refractivity contribution >= 4 is 23.5 Å². The lowest BCUT2D eigenvalue weighted by Crippen LogP contribution is -2.12. The fraction of sp³-hybridized carbons (Fsp3) is 0.0833. The highest BCUT2D eigenvalue weighted by Crippen LogP contribution is 2.40. The van der Waals surface area contributed by atoms with Gasteiger partial charge in [-0.1, -0.05) is 73.8 Å². The van der Waals surface area contributed by atoms with Crippen LogP contribution in [0.3, 0.4) is 0 Å². The first-order valence-electron chi connectivity index (χ1n) is 8.60. The molecule has 0 aliphatic carbocycles. The largest absolute Gasteiger partial charge is 0.399 e. The first-order chi connectivity index (χ1) is 12.5. The number of hydrogen-bond donors (Lipinski definition) is 1. The summed E-state index contributed by atoms with van der Waals surface area (Å²) in [4.78, 5) is 2.15. The second-order valence-corrected chi connectivity index (χ2v) is 6.51. The molecule has 0 amide bonds. The molecule has 0 heterocycles. The Hall–Kier alpha value is -3.26. The van der Waals surface area contributed by atoms with Crippen LogP contribution in [0.1, 0.15) is 11.1 Å². The van der Waals surface area contributed by atoms with Gasteiger partial charge in [-0.15, -0.1) is 0 Å². The Morgan fingerprint density at radius 3 is 1.42 bits per heavy atom. The first-order valence-corrected chi connectivity index (χ1v) is 8.60. The predicted octanol–water partition coefficient (Wildman–Crippen LogP) is 5.95. The van der Waals surface area contributed by atoms with Crippen molar-refractivity contribution < 1.29 is 0 Å². The zero-order valence-corrected chi connectivity index (χ0v) is 15.4. The van der Waals surface area contributed by atoms with Crippen LogP contribution in [0.2, 0.25) is 0 Å². The molecule has 0 aliphatic rings. The van der Waals surface area contributed by atoms with Gasteiger partial charge >= 0.3 is 0 Å². The molecule has 3 aromatic rings. The van der Waals surface area contributed by atoms with Gasteiger partial charge in [0.05, 0.1) is 5.69 Å². The highest BCUT2D eigenvalue weighted by molar-refractivity contribution is 5.93. The average molecular weight is 340 g/mol. The molecular formula is C24H24N2. The van der Waals surface area contributed by atoms with E-state index in [0.717, 1.165) is 44.8 Å². The van der Waals surface area contributed by atoms with Gasteiger partial charge in [-0.25, -0.2) is 0 Å². The van der Waals surface area contributed by atoms with E-state index in [1.807, 2.05) is 24.3 Å². The van der Waals surface area contributed by atoms with Crippen molar-refractivity contribution in [1.29, 1.82) is 0 Å². The number of benzene rings is 3. The summed E-state index contributed by atoms with van der Waals surface area (Å²) in [7, 11) is 4.13. The van der Waals surface area contributed by atoms with Gasteiger partial charge in [-0.05, 0) is 34.4 Å². The summed E-state index contributed by atoms with van der Waals surface area (Å²) in [5.41, 5.74) is 14.9. The van der Waals surface area contributed by atoms with Gasteiger partial charge in [0.2, 0.25) is 0 Å². The van der Waals surface area contributed by atoms with Gasteiger partial charge in [0.25, 0.3) is 0 Å². The number of rotatable bonds is 5. The summed E-state index contributed by atoms with van der Waals surface area (Å²) in [5.74, 6) is 0. The highest BCUT2D eigenvalue weighted by Gasteiger charge is 2.15. The number of anilines is 2. The highest BCUT2D eigenvalue weighted by atomic mass is 15.1. The molecule has 2 nitrogen and oxygen atoms in total. The molecule has 0 unspecified atom stereocenters. The molecule has 0 saturated heterocycles. The van der Waals surface area contributed by atoms with Crippen molar-refractivity contribution in [3.63, 3.8) is 0 Å². The molecule has 0 aromatic heterocycles. The van der Waals surface area contributed by atoms with E-state index in [0.29, 0.717) is 0 Å². The summed E-state index contributed by atoms with van der Waals surface area (Å²) in [6.07, 6.45) is 3.70. The molecule has 0 aliphatic heterocycles. The second kappa shape index (κ2) is 7.32. The third-order valence-corrected chi connectivity index (χ3v) is 4.49. The predicted molar refractivity (Wildman–Crippen MR) is 116 cm³/mol. The van der Waals surface area contributed by atoms with E-state index in [1.165, 1.54) is 0 Å². The average Bonchev–Trinajstić information content (AvgIpc) is 2.67. The molecule has 0 radical (unpaired) electrons. The Balaban J connectivity index is 2.22. The number of nitrogen functional groups attached to an aromatic ring is 1. The zero-order chi connectivity index (χ0) is 18.7. The Morgan fingerprint density at radius 2 is 1.12 bits per heavy atom. The lowest BCUT2D eigenvalue weighted by atomic mass is 9.93. The SMILES string of the molecule is C=Cc1ccc(-c2cc(N)cc(-c3ccc(C=C)cc3)c2N(C)C)cc1. The summed E-state index contributed by atoms with van der Waals surface area (Å²) < 4.78 is 0. The topological polar surface area (TPSA) is 29.3 Å². The van der Waals surface area contributed by atoms with Crippen LogP contribution in [0.4, 0.5) is 11.4 Å². The second-order valence-electron chi connectivity index (χ2n) is 6.51. The lowest BCUT2D eigenvalue weighted by molar-refractivity contribution is 1.13. The molecule has 3 aromatic carbocycles. The quantitative estimate of drug-likeness (QED) is 0.581. The monoisotopic (exact) mass is 340 g/mol. The summed E-state index contributed by atoms with van der Waals surface area (Å²) in [5, 5.41) is 0. The van der Waals surface area contributed by atoms with E-state index in [2.05, 4.69) is 80.7 Å². The molecule has 2 heteroatoms. The minimum Gasteiger partial charge on any atom is -0.399 e. The van der Waals surface area contributed by atoms with Crippen molar-refractivity contribution in [3.8, 4) is 22.3 Å². The molecule has 3 rings (SSSR count). The minimum absolute atomic E-state index is 0.751. The van der Waals surface area contributed by atoms with E-state index in [1.54, 1.807) is 0 Å². The first kappa shape index (κ1) is 17.6. The van der Waals surface area contributed by atoms with Gasteiger partial charge in [-0.2, -0.15) is 0 Å². The van der Waals surface area contributed by atoms with Crippen LogP contribution in [0.25, 0.3) is 34.4 Å². The maximum Gasteiger partial charge on any atom is 0.0521 e. The van der Waals surface area contributed by atoms with Crippen molar-refractivity contribution in [2.45, 2.75) is 0 Å². The number of hydrogen-bond acceptors (Lipinski definition) is 2. The van der Waals surface area contributed by atoms with Crippen molar-refractivity contribution in [2.75, 3.05) is 24.7 Å². The molecule has 0 spiro atoms. The van der Waals surface area contributed by atoms with E-state index >= 15 is 0 Å². The van der Waals surface area contributed by atoms with Crippen LogP contribution in [-0.4, -0.2) is 14.1 Å². The number of nitrogens with two attached hydrogens (primary N) is 1. The number of nitrogens with zero attached hydrogens (tertiary/aromatic N) is 1. The van der Waals surface area contributed by atoms with E-state index in [9.17, 15) is 0 Å². The third kappa shape index (κ3) is 3.40. The summed E-state index contributed by atoms with van der Waals surface area (Å²) >= 11 is 0. The molecular weight excluding hydrogens is 316 g/mol. The normalized spacial score (nSPS) is 10.4. The van der Waals surface area contributed by atoms with Crippen LogP contribution in [0.15, 0.2) is 73.8 Å². The summed E-state index contributed by atoms with van der Waals surface area (Å²) in [6.45, 7) is 7.65. The smallest absolute Gasteiger partial charge is 0.0521 e. The molecule has 0 fully saturated rings. The van der Waals surface area contributed by atoms with E-state index in [4.69, 9.17) is 5.73 Å². The van der Waals surface area contributed by atoms with Crippen LogP contribution in [0, 0.1) is 0 Å². The molecule has 0 atom stereocenters. The standard InChI is InChI=1S/C24H24N2/c1-5-17-7-11-19(12-8-17)22-15-21(25)16-23(24(22)26(3)4)20-13-9-18(6-2)10-14-20/h5-16H,1-2,25H2,3-4H3. The fourth-order valence-electron chi connectivity index (χ4n) is 3.18.